The van der Waals surface area contributed by atoms with E-state index in [2.05, 4.69) is 34.1 Å². The first-order valence-corrected chi connectivity index (χ1v) is 8.36. The second-order valence-electron chi connectivity index (χ2n) is 5.27. The molecule has 1 N–H and O–H groups in total. The highest BCUT2D eigenvalue weighted by atomic mass is 32.1. The number of aliphatic carboxylic acids is 1. The molecule has 0 unspecified atom stereocenters. The summed E-state index contributed by atoms with van der Waals surface area (Å²) in [5, 5.41) is 11.4. The number of hydrogen-bond donors (Lipinski definition) is 1. The number of anilines is 1. The van der Waals surface area contributed by atoms with E-state index in [1.165, 1.54) is 17.0 Å². The van der Waals surface area contributed by atoms with E-state index in [0.29, 0.717) is 5.69 Å². The zero-order chi connectivity index (χ0) is 16.1. The van der Waals surface area contributed by atoms with E-state index in [-0.39, 0.29) is 6.42 Å². The number of benzene rings is 1. The molecule has 3 rings (SSSR count). The Morgan fingerprint density at radius 1 is 1.26 bits per heavy atom. The van der Waals surface area contributed by atoms with Crippen LogP contribution in [0.2, 0.25) is 0 Å². The Morgan fingerprint density at radius 3 is 2.70 bits per heavy atom. The predicted molar refractivity (Wildman–Crippen MR) is 91.9 cm³/mol. The van der Waals surface area contributed by atoms with Crippen LogP contribution in [0.3, 0.4) is 0 Å². The van der Waals surface area contributed by atoms with Crippen LogP contribution in [-0.2, 0) is 16.0 Å². The van der Waals surface area contributed by atoms with Crippen LogP contribution in [-0.4, -0.2) is 42.4 Å². The SMILES string of the molecule is O=C(O)Cc1csc(/C=C/c2ccc(N3CCOCC3)cc2)n1. The van der Waals surface area contributed by atoms with E-state index in [9.17, 15) is 4.79 Å². The van der Waals surface area contributed by atoms with Crippen molar-refractivity contribution in [2.24, 2.45) is 0 Å². The normalized spacial score (nSPS) is 15.2. The molecule has 2 aromatic rings. The summed E-state index contributed by atoms with van der Waals surface area (Å²) in [6, 6.07) is 8.38. The van der Waals surface area contributed by atoms with Crippen LogP contribution in [0.5, 0.6) is 0 Å². The van der Waals surface area contributed by atoms with Gasteiger partial charge in [0.15, 0.2) is 0 Å². The molecule has 1 aromatic heterocycles. The number of carboxylic acid groups (broad SMARTS) is 1. The number of carboxylic acids is 1. The molecule has 0 atom stereocenters. The highest BCUT2D eigenvalue weighted by Crippen LogP contribution is 2.19. The third-order valence-electron chi connectivity index (χ3n) is 3.59. The topological polar surface area (TPSA) is 62.7 Å². The molecule has 1 aromatic carbocycles. The first-order chi connectivity index (χ1) is 11.2. The van der Waals surface area contributed by atoms with E-state index >= 15 is 0 Å². The third-order valence-corrected chi connectivity index (χ3v) is 4.45. The Hall–Kier alpha value is -2.18. The summed E-state index contributed by atoms with van der Waals surface area (Å²) in [5.74, 6) is -0.857. The van der Waals surface area contributed by atoms with E-state index in [0.717, 1.165) is 36.9 Å². The lowest BCUT2D eigenvalue weighted by Crippen LogP contribution is -2.36. The van der Waals surface area contributed by atoms with Gasteiger partial charge in [-0.15, -0.1) is 11.3 Å². The summed E-state index contributed by atoms with van der Waals surface area (Å²) < 4.78 is 5.36. The Labute approximate surface area is 138 Å². The van der Waals surface area contributed by atoms with Crippen molar-refractivity contribution in [2.45, 2.75) is 6.42 Å². The molecule has 2 heterocycles. The van der Waals surface area contributed by atoms with Gasteiger partial charge in [0.2, 0.25) is 0 Å². The van der Waals surface area contributed by atoms with E-state index in [1.807, 2.05) is 12.2 Å². The molecule has 5 nitrogen and oxygen atoms in total. The monoisotopic (exact) mass is 330 g/mol. The van der Waals surface area contributed by atoms with Crippen LogP contribution in [0.4, 0.5) is 5.69 Å². The van der Waals surface area contributed by atoms with Crippen LogP contribution >= 0.6 is 11.3 Å². The molecule has 23 heavy (non-hydrogen) atoms. The lowest BCUT2D eigenvalue weighted by atomic mass is 10.2. The average Bonchev–Trinajstić information content (AvgIpc) is 3.01. The quantitative estimate of drug-likeness (QED) is 0.913. The van der Waals surface area contributed by atoms with Gasteiger partial charge in [-0.2, -0.15) is 0 Å². The van der Waals surface area contributed by atoms with Crippen LogP contribution in [0, 0.1) is 0 Å². The number of hydrogen-bond acceptors (Lipinski definition) is 5. The second kappa shape index (κ2) is 7.39. The van der Waals surface area contributed by atoms with Crippen LogP contribution in [0.15, 0.2) is 29.6 Å². The van der Waals surface area contributed by atoms with Gasteiger partial charge in [0.25, 0.3) is 0 Å². The molecular weight excluding hydrogens is 312 g/mol. The number of aromatic nitrogens is 1. The standard InChI is InChI=1S/C17H18N2O3S/c20-17(21)11-14-12-23-16(18-14)6-3-13-1-4-15(5-2-13)19-7-9-22-10-8-19/h1-6,12H,7-11H2,(H,20,21)/b6-3+. The zero-order valence-electron chi connectivity index (χ0n) is 12.6. The molecule has 0 saturated carbocycles. The molecule has 0 amide bonds. The minimum absolute atomic E-state index is 0.0292. The summed E-state index contributed by atoms with van der Waals surface area (Å²) in [6.07, 6.45) is 3.88. The van der Waals surface area contributed by atoms with Crippen molar-refractivity contribution in [1.29, 1.82) is 0 Å². The first-order valence-electron chi connectivity index (χ1n) is 7.48. The first kappa shape index (κ1) is 15.7. The van der Waals surface area contributed by atoms with Crippen LogP contribution in [0.1, 0.15) is 16.3 Å². The molecule has 1 aliphatic rings. The summed E-state index contributed by atoms with van der Waals surface area (Å²) in [4.78, 5) is 17.3. The molecule has 1 saturated heterocycles. The van der Waals surface area contributed by atoms with Gasteiger partial charge in [0, 0.05) is 24.2 Å². The number of morpholine rings is 1. The Bertz CT molecular complexity index is 688. The minimum atomic E-state index is -0.857. The molecular formula is C17H18N2O3S. The highest BCUT2D eigenvalue weighted by molar-refractivity contribution is 7.10. The molecule has 0 bridgehead atoms. The molecule has 120 valence electrons. The molecule has 1 aliphatic heterocycles. The van der Waals surface area contributed by atoms with Gasteiger partial charge in [-0.25, -0.2) is 4.98 Å². The fourth-order valence-electron chi connectivity index (χ4n) is 2.42. The van der Waals surface area contributed by atoms with Gasteiger partial charge < -0.3 is 14.7 Å². The summed E-state index contributed by atoms with van der Waals surface area (Å²) >= 11 is 1.45. The summed E-state index contributed by atoms with van der Waals surface area (Å²) in [6.45, 7) is 3.43. The summed E-state index contributed by atoms with van der Waals surface area (Å²) in [7, 11) is 0. The fraction of sp³-hybridized carbons (Fsp3) is 0.294. The lowest BCUT2D eigenvalue weighted by molar-refractivity contribution is -0.136. The minimum Gasteiger partial charge on any atom is -0.481 e. The largest absolute Gasteiger partial charge is 0.481 e. The number of thiazole rings is 1. The highest BCUT2D eigenvalue weighted by Gasteiger charge is 2.10. The smallest absolute Gasteiger partial charge is 0.309 e. The van der Waals surface area contributed by atoms with Gasteiger partial charge in [-0.1, -0.05) is 18.2 Å². The average molecular weight is 330 g/mol. The Kier molecular flexibility index (Phi) is 5.05. The van der Waals surface area contributed by atoms with Crippen molar-refractivity contribution < 1.29 is 14.6 Å². The zero-order valence-corrected chi connectivity index (χ0v) is 13.5. The van der Waals surface area contributed by atoms with Crippen molar-refractivity contribution in [3.05, 3.63) is 45.9 Å². The number of nitrogens with zero attached hydrogens (tertiary/aromatic N) is 2. The molecule has 0 aliphatic carbocycles. The number of ether oxygens (including phenoxy) is 1. The fourth-order valence-corrected chi connectivity index (χ4v) is 3.13. The van der Waals surface area contributed by atoms with Crippen molar-refractivity contribution in [2.75, 3.05) is 31.2 Å². The van der Waals surface area contributed by atoms with Gasteiger partial charge in [-0.05, 0) is 23.8 Å². The van der Waals surface area contributed by atoms with Crippen molar-refractivity contribution in [1.82, 2.24) is 4.98 Å². The van der Waals surface area contributed by atoms with Gasteiger partial charge in [0.05, 0.1) is 25.3 Å². The van der Waals surface area contributed by atoms with Crippen molar-refractivity contribution in [3.8, 4) is 0 Å². The number of carbonyl (C=O) groups is 1. The van der Waals surface area contributed by atoms with Crippen molar-refractivity contribution >= 4 is 35.1 Å². The molecule has 1 fully saturated rings. The molecule has 0 spiro atoms. The van der Waals surface area contributed by atoms with Crippen LogP contribution < -0.4 is 4.90 Å². The maximum Gasteiger partial charge on any atom is 0.309 e. The van der Waals surface area contributed by atoms with Crippen molar-refractivity contribution in [3.63, 3.8) is 0 Å². The second-order valence-corrected chi connectivity index (χ2v) is 6.16. The maximum absolute atomic E-state index is 10.7. The number of rotatable bonds is 5. The van der Waals surface area contributed by atoms with E-state index < -0.39 is 5.97 Å². The Morgan fingerprint density at radius 2 is 2.00 bits per heavy atom. The van der Waals surface area contributed by atoms with Gasteiger partial charge in [-0.3, -0.25) is 4.79 Å². The lowest BCUT2D eigenvalue weighted by Gasteiger charge is -2.28. The predicted octanol–water partition coefficient (Wildman–Crippen LogP) is 2.78. The molecule has 0 radical (unpaired) electrons. The summed E-state index contributed by atoms with van der Waals surface area (Å²) in [5.41, 5.74) is 2.91. The Balaban J connectivity index is 1.63. The maximum atomic E-state index is 10.7. The van der Waals surface area contributed by atoms with Gasteiger partial charge in [0.1, 0.15) is 5.01 Å². The third kappa shape index (κ3) is 4.40. The van der Waals surface area contributed by atoms with Crippen LogP contribution in [0.25, 0.3) is 12.2 Å². The van der Waals surface area contributed by atoms with Gasteiger partial charge >= 0.3 is 5.97 Å². The van der Waals surface area contributed by atoms with E-state index in [1.54, 1.807) is 5.38 Å². The van der Waals surface area contributed by atoms with E-state index in [4.69, 9.17) is 9.84 Å². The molecule has 6 heteroatoms.